The van der Waals surface area contributed by atoms with Crippen molar-refractivity contribution < 1.29 is 4.52 Å². The van der Waals surface area contributed by atoms with Crippen LogP contribution in [0, 0.1) is 0 Å². The third kappa shape index (κ3) is 1.65. The predicted molar refractivity (Wildman–Crippen MR) is 63.5 cm³/mol. The fourth-order valence-electron chi connectivity index (χ4n) is 1.72. The van der Waals surface area contributed by atoms with Crippen molar-refractivity contribution in [2.75, 3.05) is 0 Å². The third-order valence-electron chi connectivity index (χ3n) is 2.69. The van der Waals surface area contributed by atoms with Gasteiger partial charge in [-0.15, -0.1) is 10.2 Å². The molecule has 0 aromatic carbocycles. The molecule has 0 fully saturated rings. The second-order valence-corrected chi connectivity index (χ2v) is 3.84. The highest BCUT2D eigenvalue weighted by molar-refractivity contribution is 5.55. The van der Waals surface area contributed by atoms with Crippen molar-refractivity contribution in [3.05, 3.63) is 30.0 Å². The minimum Gasteiger partial charge on any atom is -0.334 e. The summed E-state index contributed by atoms with van der Waals surface area (Å²) in [6, 6.07) is 3.72. The van der Waals surface area contributed by atoms with Crippen LogP contribution >= 0.6 is 0 Å². The lowest BCUT2D eigenvalue weighted by atomic mass is 10.3. The first-order valence-electron chi connectivity index (χ1n) is 5.68. The van der Waals surface area contributed by atoms with Crippen LogP contribution in [0.1, 0.15) is 18.6 Å². The average molecular weight is 244 g/mol. The van der Waals surface area contributed by atoms with Crippen LogP contribution in [0.15, 0.2) is 22.9 Å². The monoisotopic (exact) mass is 244 g/mol. The molecule has 0 spiro atoms. The van der Waals surface area contributed by atoms with Gasteiger partial charge in [-0.1, -0.05) is 12.1 Å². The number of aryl methyl sites for hydroxylation is 1. The summed E-state index contributed by atoms with van der Waals surface area (Å²) < 4.78 is 7.02. The largest absolute Gasteiger partial charge is 0.334 e. The van der Waals surface area contributed by atoms with Gasteiger partial charge in [-0.25, -0.2) is 0 Å². The number of pyridine rings is 1. The molecular weight excluding hydrogens is 232 g/mol. The molecule has 0 atom stereocenters. The van der Waals surface area contributed by atoms with E-state index in [1.807, 2.05) is 29.7 Å². The quantitative estimate of drug-likeness (QED) is 0.732. The molecule has 0 radical (unpaired) electrons. The second kappa shape index (κ2) is 4.19. The lowest BCUT2D eigenvalue weighted by molar-refractivity contribution is 0.423. The van der Waals surface area contributed by atoms with Gasteiger partial charge in [0.25, 0.3) is 5.89 Å². The molecule has 0 amide bonds. The zero-order valence-electron chi connectivity index (χ0n) is 9.87. The summed E-state index contributed by atoms with van der Waals surface area (Å²) in [5, 5.41) is 11.9. The smallest absolute Gasteiger partial charge is 0.259 e. The fraction of sp³-hybridized carbons (Fsp3) is 0.273. The van der Waals surface area contributed by atoms with Crippen molar-refractivity contribution in [3.63, 3.8) is 0 Å². The first kappa shape index (κ1) is 10.8. The van der Waals surface area contributed by atoms with Gasteiger partial charge in [-0.2, -0.15) is 4.98 Å². The summed E-state index contributed by atoms with van der Waals surface area (Å²) in [6.07, 6.45) is 2.59. The van der Waals surface area contributed by atoms with Crippen LogP contribution in [-0.2, 0) is 13.0 Å². The molecule has 0 aliphatic carbocycles. The van der Waals surface area contributed by atoms with E-state index in [1.54, 1.807) is 0 Å². The topological polar surface area (TPSA) is 95.1 Å². The van der Waals surface area contributed by atoms with E-state index in [0.29, 0.717) is 24.1 Å². The summed E-state index contributed by atoms with van der Waals surface area (Å²) in [7, 11) is 0. The Morgan fingerprint density at radius 1 is 1.33 bits per heavy atom. The molecule has 18 heavy (non-hydrogen) atoms. The van der Waals surface area contributed by atoms with Gasteiger partial charge in [0, 0.05) is 12.6 Å². The van der Waals surface area contributed by atoms with Gasteiger partial charge < -0.3 is 10.3 Å². The highest BCUT2D eigenvalue weighted by atomic mass is 16.5. The number of fused-ring (bicyclic) bond motifs is 1. The van der Waals surface area contributed by atoms with Gasteiger partial charge in [-0.05, 0) is 12.1 Å². The molecule has 92 valence electrons. The second-order valence-electron chi connectivity index (χ2n) is 3.84. The van der Waals surface area contributed by atoms with E-state index in [9.17, 15) is 0 Å². The summed E-state index contributed by atoms with van der Waals surface area (Å²) in [5.41, 5.74) is 7.17. The molecule has 0 bridgehead atoms. The zero-order chi connectivity index (χ0) is 12.5. The van der Waals surface area contributed by atoms with Crippen LogP contribution in [0.2, 0.25) is 0 Å². The zero-order valence-corrected chi connectivity index (χ0v) is 9.87. The molecule has 0 aliphatic rings. The molecule has 0 aliphatic heterocycles. The Bertz CT molecular complexity index is 686. The summed E-state index contributed by atoms with van der Waals surface area (Å²) in [6.45, 7) is 2.30. The molecular formula is C11H12N6O. The van der Waals surface area contributed by atoms with Crippen molar-refractivity contribution in [1.82, 2.24) is 24.7 Å². The minimum absolute atomic E-state index is 0.328. The number of nitrogens with two attached hydrogens (primary N) is 1. The third-order valence-corrected chi connectivity index (χ3v) is 2.69. The van der Waals surface area contributed by atoms with Crippen molar-refractivity contribution in [2.24, 2.45) is 5.73 Å². The molecule has 3 aromatic rings. The van der Waals surface area contributed by atoms with Crippen molar-refractivity contribution in [3.8, 4) is 11.5 Å². The Balaban J connectivity index is 2.11. The highest BCUT2D eigenvalue weighted by Gasteiger charge is 2.10. The van der Waals surface area contributed by atoms with Gasteiger partial charge >= 0.3 is 0 Å². The van der Waals surface area contributed by atoms with E-state index in [-0.39, 0.29) is 0 Å². The minimum atomic E-state index is 0.328. The lowest BCUT2D eigenvalue weighted by Crippen LogP contribution is -2.02. The molecule has 0 saturated carbocycles. The Labute approximate surface area is 103 Å². The van der Waals surface area contributed by atoms with E-state index in [2.05, 4.69) is 20.3 Å². The maximum atomic E-state index is 5.60. The van der Waals surface area contributed by atoms with Gasteiger partial charge in [0.1, 0.15) is 0 Å². The SMILES string of the molecule is CCc1noc(-c2ccc3nnc(CN)n3c2)n1. The summed E-state index contributed by atoms with van der Waals surface area (Å²) in [4.78, 5) is 4.28. The van der Waals surface area contributed by atoms with Crippen LogP contribution in [0.5, 0.6) is 0 Å². The van der Waals surface area contributed by atoms with E-state index >= 15 is 0 Å². The molecule has 7 nitrogen and oxygen atoms in total. The number of hydrogen-bond acceptors (Lipinski definition) is 6. The molecule has 0 unspecified atom stereocenters. The van der Waals surface area contributed by atoms with Crippen molar-refractivity contribution in [1.29, 1.82) is 0 Å². The predicted octanol–water partition coefficient (Wildman–Crippen LogP) is 0.800. The van der Waals surface area contributed by atoms with Gasteiger partial charge in [0.15, 0.2) is 17.3 Å². The first-order valence-corrected chi connectivity index (χ1v) is 5.68. The number of aromatic nitrogens is 5. The average Bonchev–Trinajstić information content (AvgIpc) is 3.04. The van der Waals surface area contributed by atoms with E-state index in [1.165, 1.54) is 0 Å². The molecule has 0 saturated heterocycles. The number of hydrogen-bond donors (Lipinski definition) is 1. The van der Waals surface area contributed by atoms with Gasteiger partial charge in [0.05, 0.1) is 12.1 Å². The molecule has 3 aromatic heterocycles. The van der Waals surface area contributed by atoms with E-state index in [0.717, 1.165) is 17.6 Å². The van der Waals surface area contributed by atoms with Crippen LogP contribution in [0.4, 0.5) is 0 Å². The molecule has 7 heteroatoms. The Hall–Kier alpha value is -2.28. The standard InChI is InChI=1S/C11H12N6O/c1-2-8-13-11(18-16-8)7-3-4-9-14-15-10(5-12)17(9)6-7/h3-4,6H,2,5,12H2,1H3. The van der Waals surface area contributed by atoms with Crippen molar-refractivity contribution >= 4 is 5.65 Å². The summed E-state index contributed by atoms with van der Waals surface area (Å²) in [5.74, 6) is 1.88. The van der Waals surface area contributed by atoms with Gasteiger partial charge in [0.2, 0.25) is 0 Å². The summed E-state index contributed by atoms with van der Waals surface area (Å²) >= 11 is 0. The van der Waals surface area contributed by atoms with Gasteiger partial charge in [-0.3, -0.25) is 4.40 Å². The Kier molecular flexibility index (Phi) is 2.52. The Morgan fingerprint density at radius 3 is 2.94 bits per heavy atom. The van der Waals surface area contributed by atoms with E-state index < -0.39 is 0 Å². The van der Waals surface area contributed by atoms with Crippen molar-refractivity contribution in [2.45, 2.75) is 19.9 Å². The van der Waals surface area contributed by atoms with Crippen LogP contribution < -0.4 is 5.73 Å². The Morgan fingerprint density at radius 2 is 2.22 bits per heavy atom. The molecule has 3 rings (SSSR count). The molecule has 2 N–H and O–H groups in total. The fourth-order valence-corrected chi connectivity index (χ4v) is 1.72. The van der Waals surface area contributed by atoms with Crippen LogP contribution in [0.3, 0.4) is 0 Å². The number of nitrogens with zero attached hydrogens (tertiary/aromatic N) is 5. The van der Waals surface area contributed by atoms with Crippen LogP contribution in [-0.4, -0.2) is 24.7 Å². The maximum absolute atomic E-state index is 5.60. The normalized spacial score (nSPS) is 11.2. The maximum Gasteiger partial charge on any atom is 0.259 e. The molecule has 3 heterocycles. The highest BCUT2D eigenvalue weighted by Crippen LogP contribution is 2.18. The number of rotatable bonds is 3. The van der Waals surface area contributed by atoms with Crippen LogP contribution in [0.25, 0.3) is 17.1 Å². The first-order chi connectivity index (χ1) is 8.81. The van der Waals surface area contributed by atoms with E-state index in [4.69, 9.17) is 10.3 Å². The lowest BCUT2D eigenvalue weighted by Gasteiger charge is -1.98.